The molecule has 2 fully saturated rings. The zero-order valence-electron chi connectivity index (χ0n) is 17.5. The molecule has 3 unspecified atom stereocenters. The van der Waals surface area contributed by atoms with Gasteiger partial charge in [0.05, 0.1) is 16.4 Å². The molecule has 6 nitrogen and oxygen atoms in total. The Labute approximate surface area is 195 Å². The summed E-state index contributed by atoms with van der Waals surface area (Å²) in [6.45, 7) is 2.35. The highest BCUT2D eigenvalue weighted by molar-refractivity contribution is 7.98. The van der Waals surface area contributed by atoms with Crippen molar-refractivity contribution < 1.29 is 17.4 Å². The van der Waals surface area contributed by atoms with E-state index < -0.39 is 38.5 Å². The van der Waals surface area contributed by atoms with Gasteiger partial charge >= 0.3 is 0 Å². The van der Waals surface area contributed by atoms with Gasteiger partial charge in [0, 0.05) is 59.3 Å². The fraction of sp³-hybridized carbons (Fsp3) is 0.429. The molecular formula is C21H26N2O4S4. The van der Waals surface area contributed by atoms with Crippen LogP contribution in [0.5, 0.6) is 0 Å². The molecule has 0 saturated carbocycles. The van der Waals surface area contributed by atoms with Crippen molar-refractivity contribution in [2.45, 2.75) is 38.1 Å². The average molecular weight is 499 g/mol. The van der Waals surface area contributed by atoms with Gasteiger partial charge in [-0.05, 0) is 54.8 Å². The maximum Gasteiger partial charge on any atom is 0.135 e. The van der Waals surface area contributed by atoms with E-state index in [1.165, 1.54) is 0 Å². The van der Waals surface area contributed by atoms with Gasteiger partial charge in [0.15, 0.2) is 0 Å². The van der Waals surface area contributed by atoms with E-state index in [1.807, 2.05) is 39.1 Å². The third-order valence-corrected chi connectivity index (χ3v) is 10.5. The number of hydrogen-bond donors (Lipinski definition) is 0. The Bertz CT molecular complexity index is 989. The van der Waals surface area contributed by atoms with E-state index in [9.17, 15) is 12.6 Å². The molecule has 2 saturated heterocycles. The summed E-state index contributed by atoms with van der Waals surface area (Å²) in [5, 5.41) is 0. The highest BCUT2D eigenvalue weighted by Crippen LogP contribution is 2.37. The van der Waals surface area contributed by atoms with E-state index in [-0.39, 0.29) is 0 Å². The predicted molar refractivity (Wildman–Crippen MR) is 126 cm³/mol. The van der Waals surface area contributed by atoms with Crippen molar-refractivity contribution in [1.82, 2.24) is 8.61 Å². The second kappa shape index (κ2) is 9.94. The van der Waals surface area contributed by atoms with Crippen LogP contribution in [0, 0.1) is 0 Å². The van der Waals surface area contributed by atoms with Crippen LogP contribution in [0.25, 0.3) is 0 Å². The van der Waals surface area contributed by atoms with Crippen molar-refractivity contribution >= 4 is 44.5 Å². The van der Waals surface area contributed by atoms with Gasteiger partial charge in [-0.25, -0.2) is 12.7 Å². The molecule has 4 rings (SSSR count). The highest BCUT2D eigenvalue weighted by atomic mass is 32.2. The lowest BCUT2D eigenvalue weighted by atomic mass is 10.0. The molecule has 0 radical (unpaired) electrons. The summed E-state index contributed by atoms with van der Waals surface area (Å²) in [5.41, 5.74) is -0.577. The molecule has 2 aliphatic heterocycles. The fourth-order valence-electron chi connectivity index (χ4n) is 3.94. The van der Waals surface area contributed by atoms with Crippen LogP contribution in [0.4, 0.5) is 0 Å². The van der Waals surface area contributed by atoms with Gasteiger partial charge in [0.2, 0.25) is 0 Å². The van der Waals surface area contributed by atoms with Crippen LogP contribution in [0.1, 0.15) is 12.8 Å². The third-order valence-electron chi connectivity index (χ3n) is 5.68. The van der Waals surface area contributed by atoms with E-state index >= 15 is 0 Å². The molecule has 2 aromatic rings. The molecule has 10 heteroatoms. The summed E-state index contributed by atoms with van der Waals surface area (Å²) in [7, 11) is -3.64. The molecule has 0 amide bonds. The van der Waals surface area contributed by atoms with Crippen LogP contribution in [0.3, 0.4) is 0 Å². The summed E-state index contributed by atoms with van der Waals surface area (Å²) in [6.07, 6.45) is 4.94. The van der Waals surface area contributed by atoms with Gasteiger partial charge in [-0.1, -0.05) is 0 Å². The van der Waals surface area contributed by atoms with E-state index in [0.29, 0.717) is 44.0 Å². The molecule has 2 aromatic carbocycles. The molecule has 0 bridgehead atoms. The molecule has 0 N–H and O–H groups in total. The largest absolute Gasteiger partial charge is 0.358 e. The lowest BCUT2D eigenvalue weighted by Gasteiger charge is -2.42. The first-order valence-electron chi connectivity index (χ1n) is 10.0. The summed E-state index contributed by atoms with van der Waals surface area (Å²) >= 11 is 1.66. The lowest BCUT2D eigenvalue weighted by Crippen LogP contribution is -2.53. The van der Waals surface area contributed by atoms with Crippen molar-refractivity contribution in [3.8, 4) is 0 Å². The Morgan fingerprint density at radius 1 is 0.839 bits per heavy atom. The zero-order valence-corrected chi connectivity index (χ0v) is 20.8. The summed E-state index contributed by atoms with van der Waals surface area (Å²) < 4.78 is 47.9. The normalized spacial score (nSPS) is 22.4. The monoisotopic (exact) mass is 498 g/mol. The smallest absolute Gasteiger partial charge is 0.135 e. The maximum absolute atomic E-state index is 13.3. The number of nitrogens with zero attached hydrogens (tertiary/aromatic N) is 2. The molecular weight excluding hydrogens is 473 g/mol. The first-order chi connectivity index (χ1) is 14.9. The van der Waals surface area contributed by atoms with Gasteiger partial charge in [0.1, 0.15) is 27.7 Å². The topological polar surface area (TPSA) is 66.9 Å². The minimum absolute atomic E-state index is 0.549. The number of benzene rings is 2. The van der Waals surface area contributed by atoms with E-state index in [1.54, 1.807) is 42.3 Å². The fourth-order valence-corrected chi connectivity index (χ4v) is 7.45. The minimum Gasteiger partial charge on any atom is -0.358 e. The van der Waals surface area contributed by atoms with Gasteiger partial charge in [-0.2, -0.15) is 4.31 Å². The summed E-state index contributed by atoms with van der Waals surface area (Å²) in [6, 6.07) is 14.9. The number of ether oxygens (including phenoxy) is 1. The first-order valence-corrected chi connectivity index (χ1v) is 15.0. The van der Waals surface area contributed by atoms with Crippen molar-refractivity contribution in [1.29, 1.82) is 0 Å². The standard InChI is InChI=1S/C21H26N2O4S4/c1-28-17-3-5-20(6-4-17)31(26)23-15-16-27-21(23)11-13-22(14-12-21)30(25)19-9-7-18(8-10-19)29(2)24/h3-10H,11-16H2,1-2H3. The zero-order chi connectivity index (χ0) is 22.0. The lowest BCUT2D eigenvalue weighted by molar-refractivity contribution is -0.0787. The highest BCUT2D eigenvalue weighted by Gasteiger charge is 2.48. The van der Waals surface area contributed by atoms with Gasteiger partial charge < -0.3 is 4.74 Å². The number of thioether (sulfide) groups is 1. The van der Waals surface area contributed by atoms with E-state index in [2.05, 4.69) is 0 Å². The summed E-state index contributed by atoms with van der Waals surface area (Å²) in [4.78, 5) is 3.34. The van der Waals surface area contributed by atoms with Crippen LogP contribution in [-0.4, -0.2) is 65.7 Å². The third kappa shape index (κ3) is 4.90. The van der Waals surface area contributed by atoms with Crippen LogP contribution in [0.15, 0.2) is 68.1 Å². The number of hydrogen-bond acceptors (Lipinski definition) is 5. The Hall–Kier alpha value is -0.880. The summed E-state index contributed by atoms with van der Waals surface area (Å²) in [5.74, 6) is 0. The Morgan fingerprint density at radius 2 is 1.39 bits per heavy atom. The first kappa shape index (κ1) is 23.3. The number of piperidine rings is 1. The SMILES string of the molecule is CSc1ccc(S(=O)N2CCOC23CCN(S(=O)c2ccc(S(C)=O)cc2)CC3)cc1. The second-order valence-corrected chi connectivity index (χ2v) is 12.6. The van der Waals surface area contributed by atoms with Crippen LogP contribution >= 0.6 is 11.8 Å². The van der Waals surface area contributed by atoms with Crippen molar-refractivity contribution in [2.24, 2.45) is 0 Å². The molecule has 2 aliphatic rings. The molecule has 3 atom stereocenters. The quantitative estimate of drug-likeness (QED) is 0.573. The molecule has 31 heavy (non-hydrogen) atoms. The molecule has 0 aliphatic carbocycles. The van der Waals surface area contributed by atoms with Crippen LogP contribution in [0.2, 0.25) is 0 Å². The van der Waals surface area contributed by atoms with E-state index in [4.69, 9.17) is 4.74 Å². The molecule has 168 valence electrons. The predicted octanol–water partition coefficient (Wildman–Crippen LogP) is 3.02. The van der Waals surface area contributed by atoms with E-state index in [0.717, 1.165) is 14.7 Å². The van der Waals surface area contributed by atoms with Gasteiger partial charge in [-0.15, -0.1) is 11.8 Å². The maximum atomic E-state index is 13.3. The Balaban J connectivity index is 1.43. The van der Waals surface area contributed by atoms with Gasteiger partial charge in [0.25, 0.3) is 0 Å². The minimum atomic E-state index is -1.30. The molecule has 0 aromatic heterocycles. The van der Waals surface area contributed by atoms with Crippen molar-refractivity contribution in [2.75, 3.05) is 38.8 Å². The Kier molecular flexibility index (Phi) is 7.47. The molecule has 2 heterocycles. The Morgan fingerprint density at radius 3 is 1.97 bits per heavy atom. The van der Waals surface area contributed by atoms with Crippen LogP contribution < -0.4 is 0 Å². The number of rotatable bonds is 6. The van der Waals surface area contributed by atoms with Gasteiger partial charge in [-0.3, -0.25) is 4.21 Å². The molecule has 1 spiro atoms. The van der Waals surface area contributed by atoms with Crippen LogP contribution in [-0.2, 0) is 37.5 Å². The average Bonchev–Trinajstić information content (AvgIpc) is 3.21. The second-order valence-electron chi connectivity index (χ2n) is 7.43. The van der Waals surface area contributed by atoms with Crippen molar-refractivity contribution in [3.05, 3.63) is 48.5 Å². The van der Waals surface area contributed by atoms with Crippen molar-refractivity contribution in [3.63, 3.8) is 0 Å².